The Morgan fingerprint density at radius 1 is 1.50 bits per heavy atom. The number of carbonyl (C=O) groups is 1. The molecule has 6 heteroatoms. The van der Waals surface area contributed by atoms with Gasteiger partial charge < -0.3 is 15.0 Å². The Bertz CT molecular complexity index is 391. The number of methoxy groups -OCH3 is 1. The molecule has 0 aromatic carbocycles. The van der Waals surface area contributed by atoms with Crippen molar-refractivity contribution >= 4 is 29.7 Å². The van der Waals surface area contributed by atoms with Crippen molar-refractivity contribution in [3.8, 4) is 5.75 Å². The Balaban J connectivity index is 0.00000162. The van der Waals surface area contributed by atoms with E-state index in [-0.39, 0.29) is 18.3 Å². The molecule has 4 nitrogen and oxygen atoms in total. The molecule has 18 heavy (non-hydrogen) atoms. The zero-order valence-corrected chi connectivity index (χ0v) is 12.3. The number of hydrogen-bond acceptors (Lipinski definition) is 4. The lowest BCUT2D eigenvalue weighted by molar-refractivity contribution is 0.0708. The molecule has 0 saturated carbocycles. The summed E-state index contributed by atoms with van der Waals surface area (Å²) in [7, 11) is 3.51. The van der Waals surface area contributed by atoms with E-state index in [0.717, 1.165) is 36.6 Å². The van der Waals surface area contributed by atoms with Gasteiger partial charge in [0, 0.05) is 24.5 Å². The summed E-state index contributed by atoms with van der Waals surface area (Å²) in [5, 5.41) is 5.17. The number of hydrogen-bond donors (Lipinski definition) is 1. The molecule has 1 saturated heterocycles. The molecule has 0 aliphatic carbocycles. The summed E-state index contributed by atoms with van der Waals surface area (Å²) in [5.41, 5.74) is 0. The van der Waals surface area contributed by atoms with E-state index >= 15 is 0 Å². The number of rotatable bonds is 3. The first-order valence-corrected chi connectivity index (χ1v) is 6.70. The lowest BCUT2D eigenvalue weighted by atomic mass is 10.1. The quantitative estimate of drug-likeness (QED) is 0.926. The van der Waals surface area contributed by atoms with Gasteiger partial charge in [0.05, 0.1) is 12.0 Å². The lowest BCUT2D eigenvalue weighted by Gasteiger charge is -2.31. The summed E-state index contributed by atoms with van der Waals surface area (Å²) < 4.78 is 5.10. The Kier molecular flexibility index (Phi) is 5.91. The number of thiophene rings is 1. The molecular formula is C12H19ClN2O2S. The van der Waals surface area contributed by atoms with Gasteiger partial charge in [0.2, 0.25) is 0 Å². The van der Waals surface area contributed by atoms with Crippen LogP contribution in [0.2, 0.25) is 0 Å². The van der Waals surface area contributed by atoms with E-state index in [9.17, 15) is 4.79 Å². The Hall–Kier alpha value is -0.780. The highest BCUT2D eigenvalue weighted by molar-refractivity contribution is 7.12. The summed E-state index contributed by atoms with van der Waals surface area (Å²) in [6, 6.07) is 2.17. The number of halogens is 1. The van der Waals surface area contributed by atoms with Gasteiger partial charge in [0.25, 0.3) is 5.91 Å². The molecule has 2 heterocycles. The van der Waals surface area contributed by atoms with Gasteiger partial charge in [-0.15, -0.1) is 23.7 Å². The van der Waals surface area contributed by atoms with Crippen LogP contribution in [0.5, 0.6) is 5.75 Å². The molecule has 1 aromatic rings. The van der Waals surface area contributed by atoms with Crippen molar-refractivity contribution < 1.29 is 9.53 Å². The second-order valence-electron chi connectivity index (χ2n) is 4.25. The summed E-state index contributed by atoms with van der Waals surface area (Å²) in [6.45, 7) is 1.99. The minimum Gasteiger partial charge on any atom is -0.496 e. The van der Waals surface area contributed by atoms with E-state index in [4.69, 9.17) is 4.74 Å². The predicted octanol–water partition coefficient (Wildman–Crippen LogP) is 2.00. The van der Waals surface area contributed by atoms with Gasteiger partial charge in [-0.2, -0.15) is 0 Å². The number of piperidine rings is 1. The topological polar surface area (TPSA) is 41.6 Å². The first-order chi connectivity index (χ1) is 8.22. The molecule has 1 amide bonds. The third-order valence-electron chi connectivity index (χ3n) is 3.20. The van der Waals surface area contributed by atoms with Gasteiger partial charge in [-0.1, -0.05) is 0 Å². The molecule has 0 bridgehead atoms. The molecule has 0 atom stereocenters. The molecule has 0 unspecified atom stereocenters. The van der Waals surface area contributed by atoms with E-state index in [1.54, 1.807) is 7.11 Å². The van der Waals surface area contributed by atoms with Crippen LogP contribution in [0.15, 0.2) is 11.4 Å². The van der Waals surface area contributed by atoms with Crippen LogP contribution in [0.1, 0.15) is 22.5 Å². The lowest BCUT2D eigenvalue weighted by Crippen LogP contribution is -2.43. The third kappa shape index (κ3) is 3.37. The monoisotopic (exact) mass is 290 g/mol. The highest BCUT2D eigenvalue weighted by atomic mass is 35.5. The fraction of sp³-hybridized carbons (Fsp3) is 0.583. The molecule has 0 spiro atoms. The molecule has 1 aliphatic rings. The van der Waals surface area contributed by atoms with Crippen LogP contribution < -0.4 is 10.1 Å². The molecular weight excluding hydrogens is 272 g/mol. The van der Waals surface area contributed by atoms with Crippen LogP contribution in [-0.2, 0) is 0 Å². The zero-order chi connectivity index (χ0) is 12.3. The van der Waals surface area contributed by atoms with Crippen LogP contribution in [0.25, 0.3) is 0 Å². The fourth-order valence-corrected chi connectivity index (χ4v) is 2.91. The summed E-state index contributed by atoms with van der Waals surface area (Å²) >= 11 is 1.44. The van der Waals surface area contributed by atoms with Crippen LogP contribution in [0.3, 0.4) is 0 Å². The smallest absolute Gasteiger partial charge is 0.264 e. The molecule has 1 aliphatic heterocycles. The fourth-order valence-electron chi connectivity index (χ4n) is 2.07. The SMILES string of the molecule is COc1csc(C(=O)N(C)C2CCNCC2)c1.Cl. The normalized spacial score (nSPS) is 15.9. The van der Waals surface area contributed by atoms with Gasteiger partial charge in [-0.3, -0.25) is 4.79 Å². The number of carbonyl (C=O) groups excluding carboxylic acids is 1. The van der Waals surface area contributed by atoms with Crippen LogP contribution in [-0.4, -0.2) is 44.1 Å². The van der Waals surface area contributed by atoms with Crippen molar-refractivity contribution in [2.45, 2.75) is 18.9 Å². The minimum atomic E-state index is 0. The summed E-state index contributed by atoms with van der Waals surface area (Å²) in [5.74, 6) is 0.863. The molecule has 1 fully saturated rings. The summed E-state index contributed by atoms with van der Waals surface area (Å²) in [6.07, 6.45) is 2.06. The maximum Gasteiger partial charge on any atom is 0.264 e. The Labute approximate surface area is 118 Å². The van der Waals surface area contributed by atoms with Crippen molar-refractivity contribution in [3.63, 3.8) is 0 Å². The van der Waals surface area contributed by atoms with Gasteiger partial charge in [0.15, 0.2) is 0 Å². The Morgan fingerprint density at radius 3 is 2.72 bits per heavy atom. The van der Waals surface area contributed by atoms with Crippen molar-refractivity contribution in [3.05, 3.63) is 16.3 Å². The first kappa shape index (κ1) is 15.3. The maximum absolute atomic E-state index is 12.2. The predicted molar refractivity (Wildman–Crippen MR) is 76.1 cm³/mol. The Morgan fingerprint density at radius 2 is 2.17 bits per heavy atom. The molecule has 0 radical (unpaired) electrons. The van der Waals surface area contributed by atoms with E-state index < -0.39 is 0 Å². The highest BCUT2D eigenvalue weighted by Crippen LogP contribution is 2.23. The summed E-state index contributed by atoms with van der Waals surface area (Å²) in [4.78, 5) is 14.9. The second-order valence-corrected chi connectivity index (χ2v) is 5.16. The van der Waals surface area contributed by atoms with Crippen molar-refractivity contribution in [2.24, 2.45) is 0 Å². The minimum absolute atomic E-state index is 0. The maximum atomic E-state index is 12.2. The molecule has 1 N–H and O–H groups in total. The number of ether oxygens (including phenoxy) is 1. The molecule has 2 rings (SSSR count). The molecule has 102 valence electrons. The average molecular weight is 291 g/mol. The average Bonchev–Trinajstić information content (AvgIpc) is 2.87. The highest BCUT2D eigenvalue weighted by Gasteiger charge is 2.23. The van der Waals surface area contributed by atoms with E-state index in [0.29, 0.717) is 6.04 Å². The van der Waals surface area contributed by atoms with Gasteiger partial charge >= 0.3 is 0 Å². The first-order valence-electron chi connectivity index (χ1n) is 5.82. The van der Waals surface area contributed by atoms with Crippen LogP contribution >= 0.6 is 23.7 Å². The van der Waals surface area contributed by atoms with Gasteiger partial charge in [-0.25, -0.2) is 0 Å². The number of nitrogens with zero attached hydrogens (tertiary/aromatic N) is 1. The van der Waals surface area contributed by atoms with Crippen LogP contribution in [0.4, 0.5) is 0 Å². The largest absolute Gasteiger partial charge is 0.496 e. The number of nitrogens with one attached hydrogen (secondary N) is 1. The van der Waals surface area contributed by atoms with Crippen LogP contribution in [0, 0.1) is 0 Å². The zero-order valence-electron chi connectivity index (χ0n) is 10.6. The van der Waals surface area contributed by atoms with Gasteiger partial charge in [0.1, 0.15) is 5.75 Å². The van der Waals surface area contributed by atoms with Gasteiger partial charge in [-0.05, 0) is 25.9 Å². The van der Waals surface area contributed by atoms with E-state index in [2.05, 4.69) is 5.32 Å². The number of amides is 1. The second kappa shape index (κ2) is 6.97. The van der Waals surface area contributed by atoms with E-state index in [1.807, 2.05) is 23.4 Å². The van der Waals surface area contributed by atoms with Crippen molar-refractivity contribution in [1.29, 1.82) is 0 Å². The van der Waals surface area contributed by atoms with E-state index in [1.165, 1.54) is 11.3 Å². The third-order valence-corrected chi connectivity index (χ3v) is 4.10. The standard InChI is InChI=1S/C12H18N2O2S.ClH/c1-14(9-3-5-13-6-4-9)12(15)11-7-10(16-2)8-17-11;/h7-9,13H,3-6H2,1-2H3;1H. The van der Waals surface area contributed by atoms with Crippen molar-refractivity contribution in [2.75, 3.05) is 27.2 Å². The molecule has 1 aromatic heterocycles. The van der Waals surface area contributed by atoms with Crippen molar-refractivity contribution in [1.82, 2.24) is 10.2 Å².